The molecule has 1 saturated heterocycles. The molecule has 1 aliphatic rings. The van der Waals surface area contributed by atoms with Gasteiger partial charge in [-0.15, -0.1) is 0 Å². The Morgan fingerprint density at radius 2 is 2.00 bits per heavy atom. The topological polar surface area (TPSA) is 58.6 Å². The summed E-state index contributed by atoms with van der Waals surface area (Å²) >= 11 is 0. The summed E-state index contributed by atoms with van der Waals surface area (Å²) in [7, 11) is 1.19. The molecule has 17 heavy (non-hydrogen) atoms. The van der Waals surface area contributed by atoms with Gasteiger partial charge >= 0.3 is 18.2 Å². The molecule has 0 aliphatic carbocycles. The number of ether oxygens (including phenoxy) is 1. The fourth-order valence-corrected chi connectivity index (χ4v) is 1.77. The highest BCUT2D eigenvalue weighted by Crippen LogP contribution is 2.20. The number of hydrogen-bond donors (Lipinski definition) is 1. The van der Waals surface area contributed by atoms with Crippen LogP contribution in [0.2, 0.25) is 0 Å². The molecule has 2 unspecified atom stereocenters. The number of rotatable bonds is 1. The maximum Gasteiger partial charge on any atom is 0.471 e. The number of hydrogen-bond acceptors (Lipinski definition) is 3. The molecule has 0 saturated carbocycles. The number of carbonyl (C=O) groups is 2. The third kappa shape index (κ3) is 3.24. The van der Waals surface area contributed by atoms with Crippen molar-refractivity contribution in [2.24, 2.45) is 0 Å². The average molecular weight is 254 g/mol. The molecular weight excluding hydrogens is 241 g/mol. The van der Waals surface area contributed by atoms with Crippen LogP contribution in [0.15, 0.2) is 0 Å². The molecule has 1 fully saturated rings. The molecule has 8 heteroatoms. The van der Waals surface area contributed by atoms with Gasteiger partial charge in [-0.1, -0.05) is 0 Å². The van der Waals surface area contributed by atoms with Crippen molar-refractivity contribution < 1.29 is 27.5 Å². The Hall–Kier alpha value is -1.47. The largest absolute Gasteiger partial charge is 0.471 e. The molecule has 0 aromatic heterocycles. The summed E-state index contributed by atoms with van der Waals surface area (Å²) in [4.78, 5) is 23.2. The van der Waals surface area contributed by atoms with Crippen LogP contribution in [0, 0.1) is 0 Å². The molecule has 0 aromatic rings. The molecule has 0 bridgehead atoms. The fourth-order valence-electron chi connectivity index (χ4n) is 1.77. The van der Waals surface area contributed by atoms with Crippen molar-refractivity contribution in [1.82, 2.24) is 10.2 Å². The lowest BCUT2D eigenvalue weighted by Crippen LogP contribution is -2.44. The summed E-state index contributed by atoms with van der Waals surface area (Å²) in [5, 5.41) is 1.84. The zero-order chi connectivity index (χ0) is 13.2. The molecule has 5 nitrogen and oxygen atoms in total. The number of nitrogens with one attached hydrogen (secondary N) is 1. The van der Waals surface area contributed by atoms with Crippen LogP contribution in [0.5, 0.6) is 0 Å². The van der Waals surface area contributed by atoms with Crippen LogP contribution in [-0.4, -0.2) is 48.8 Å². The van der Waals surface area contributed by atoms with Gasteiger partial charge in [-0.3, -0.25) is 4.79 Å². The number of methoxy groups -OCH3 is 1. The van der Waals surface area contributed by atoms with Crippen LogP contribution < -0.4 is 5.32 Å². The van der Waals surface area contributed by atoms with E-state index in [9.17, 15) is 22.8 Å². The van der Waals surface area contributed by atoms with Gasteiger partial charge < -0.3 is 15.0 Å². The Morgan fingerprint density at radius 3 is 2.47 bits per heavy atom. The molecule has 1 heterocycles. The van der Waals surface area contributed by atoms with E-state index in [1.54, 1.807) is 6.92 Å². The minimum Gasteiger partial charge on any atom is -0.453 e. The van der Waals surface area contributed by atoms with Crippen molar-refractivity contribution in [3.8, 4) is 0 Å². The molecular formula is C9H13F3N2O3. The van der Waals surface area contributed by atoms with E-state index >= 15 is 0 Å². The molecule has 2 atom stereocenters. The van der Waals surface area contributed by atoms with E-state index in [4.69, 9.17) is 0 Å². The Bertz CT molecular complexity index is 319. The van der Waals surface area contributed by atoms with Crippen molar-refractivity contribution in [2.45, 2.75) is 31.6 Å². The van der Waals surface area contributed by atoms with Crippen LogP contribution in [0.25, 0.3) is 0 Å². The first-order chi connectivity index (χ1) is 7.75. The van der Waals surface area contributed by atoms with Gasteiger partial charge in [0.1, 0.15) is 0 Å². The molecule has 0 spiro atoms. The maximum atomic E-state index is 12.0. The molecule has 1 N–H and O–H groups in total. The predicted octanol–water partition coefficient (Wildman–Crippen LogP) is 0.894. The van der Waals surface area contributed by atoms with Gasteiger partial charge in [0, 0.05) is 18.6 Å². The second-order valence-electron chi connectivity index (χ2n) is 3.88. The van der Waals surface area contributed by atoms with E-state index in [1.807, 2.05) is 5.32 Å². The van der Waals surface area contributed by atoms with Gasteiger partial charge in [0.05, 0.1) is 7.11 Å². The monoisotopic (exact) mass is 254 g/mol. The van der Waals surface area contributed by atoms with E-state index < -0.39 is 24.2 Å². The Kier molecular flexibility index (Phi) is 3.84. The van der Waals surface area contributed by atoms with Gasteiger partial charge in [0.25, 0.3) is 0 Å². The van der Waals surface area contributed by atoms with Crippen LogP contribution in [0.1, 0.15) is 13.3 Å². The van der Waals surface area contributed by atoms with Gasteiger partial charge in [-0.05, 0) is 13.3 Å². The van der Waals surface area contributed by atoms with E-state index in [2.05, 4.69) is 4.74 Å². The van der Waals surface area contributed by atoms with E-state index in [0.717, 1.165) is 0 Å². The molecule has 1 aliphatic heterocycles. The van der Waals surface area contributed by atoms with Crippen LogP contribution >= 0.6 is 0 Å². The highest BCUT2D eigenvalue weighted by molar-refractivity contribution is 5.82. The van der Waals surface area contributed by atoms with Gasteiger partial charge in [-0.25, -0.2) is 4.79 Å². The van der Waals surface area contributed by atoms with Crippen molar-refractivity contribution in [1.29, 1.82) is 0 Å². The molecule has 2 amide bonds. The first-order valence-electron chi connectivity index (χ1n) is 4.98. The number of likely N-dealkylation sites (tertiary alicyclic amines) is 1. The van der Waals surface area contributed by atoms with E-state index in [-0.39, 0.29) is 19.0 Å². The lowest BCUT2D eigenvalue weighted by Gasteiger charge is -2.19. The SMILES string of the molecule is COC(=O)N1CC(NC(=O)C(F)(F)F)CC1C. The minimum absolute atomic E-state index is 0.0235. The third-order valence-electron chi connectivity index (χ3n) is 2.58. The maximum absolute atomic E-state index is 12.0. The number of amides is 2. The van der Waals surface area contributed by atoms with E-state index in [1.165, 1.54) is 12.0 Å². The number of carbonyl (C=O) groups excluding carboxylic acids is 2. The lowest BCUT2D eigenvalue weighted by molar-refractivity contribution is -0.174. The summed E-state index contributed by atoms with van der Waals surface area (Å²) in [6.45, 7) is 1.70. The normalized spacial score (nSPS) is 24.6. The van der Waals surface area contributed by atoms with Crippen LogP contribution in [-0.2, 0) is 9.53 Å². The van der Waals surface area contributed by atoms with Crippen molar-refractivity contribution in [3.05, 3.63) is 0 Å². The first kappa shape index (κ1) is 13.6. The highest BCUT2D eigenvalue weighted by atomic mass is 19.4. The molecule has 0 aromatic carbocycles. The minimum atomic E-state index is -4.90. The van der Waals surface area contributed by atoms with Gasteiger partial charge in [0.15, 0.2) is 0 Å². The Morgan fingerprint density at radius 1 is 1.41 bits per heavy atom. The molecule has 98 valence electrons. The van der Waals surface area contributed by atoms with Crippen molar-refractivity contribution >= 4 is 12.0 Å². The number of halogens is 3. The number of alkyl halides is 3. The second kappa shape index (κ2) is 4.80. The Balaban J connectivity index is 2.55. The van der Waals surface area contributed by atoms with Crippen molar-refractivity contribution in [2.75, 3.05) is 13.7 Å². The van der Waals surface area contributed by atoms with Gasteiger partial charge in [-0.2, -0.15) is 13.2 Å². The highest BCUT2D eigenvalue weighted by Gasteiger charge is 2.42. The summed E-state index contributed by atoms with van der Waals surface area (Å²) < 4.78 is 40.5. The molecule has 0 radical (unpaired) electrons. The third-order valence-corrected chi connectivity index (χ3v) is 2.58. The van der Waals surface area contributed by atoms with Gasteiger partial charge in [0.2, 0.25) is 0 Å². The lowest BCUT2D eigenvalue weighted by atomic mass is 10.2. The Labute approximate surface area is 95.9 Å². The quantitative estimate of drug-likeness (QED) is 0.756. The van der Waals surface area contributed by atoms with Crippen LogP contribution in [0.3, 0.4) is 0 Å². The standard InChI is InChI=1S/C9H13F3N2O3/c1-5-3-6(4-14(5)8(16)17-2)13-7(15)9(10,11)12/h5-6H,3-4H2,1-2H3,(H,13,15). The average Bonchev–Trinajstić information content (AvgIpc) is 2.57. The number of nitrogens with zero attached hydrogens (tertiary/aromatic N) is 1. The summed E-state index contributed by atoms with van der Waals surface area (Å²) in [5.41, 5.74) is 0. The summed E-state index contributed by atoms with van der Waals surface area (Å²) in [5.74, 6) is -1.98. The fraction of sp³-hybridized carbons (Fsp3) is 0.778. The zero-order valence-electron chi connectivity index (χ0n) is 9.37. The zero-order valence-corrected chi connectivity index (χ0v) is 9.37. The molecule has 1 rings (SSSR count). The smallest absolute Gasteiger partial charge is 0.453 e. The second-order valence-corrected chi connectivity index (χ2v) is 3.88. The summed E-state index contributed by atoms with van der Waals surface area (Å²) in [6.07, 6.45) is -5.24. The predicted molar refractivity (Wildman–Crippen MR) is 51.2 cm³/mol. The van der Waals surface area contributed by atoms with Crippen molar-refractivity contribution in [3.63, 3.8) is 0 Å². The summed E-state index contributed by atoms with van der Waals surface area (Å²) in [6, 6.07) is -0.959. The van der Waals surface area contributed by atoms with Crippen LogP contribution in [0.4, 0.5) is 18.0 Å². The first-order valence-corrected chi connectivity index (χ1v) is 4.98. The van der Waals surface area contributed by atoms with E-state index in [0.29, 0.717) is 0 Å².